The molecule has 7 nitrogen and oxygen atoms in total. The predicted molar refractivity (Wildman–Crippen MR) is 119 cm³/mol. The molecule has 1 saturated heterocycles. The van der Waals surface area contributed by atoms with E-state index in [9.17, 15) is 14.4 Å². The zero-order valence-corrected chi connectivity index (χ0v) is 17.5. The average Bonchev–Trinajstić information content (AvgIpc) is 3.39. The number of carbonyl (C=O) groups excluding carboxylic acids is 3. The van der Waals surface area contributed by atoms with Crippen molar-refractivity contribution in [1.29, 1.82) is 0 Å². The highest BCUT2D eigenvalue weighted by molar-refractivity contribution is 6.12. The normalized spacial score (nSPS) is 18.0. The van der Waals surface area contributed by atoms with Crippen LogP contribution in [0.5, 0.6) is 0 Å². The Bertz CT molecular complexity index is 1230. The molecule has 1 unspecified atom stereocenters. The van der Waals surface area contributed by atoms with Gasteiger partial charge in [-0.05, 0) is 69.2 Å². The minimum Gasteiger partial charge on any atom is -0.345 e. The third kappa shape index (κ3) is 3.26. The van der Waals surface area contributed by atoms with E-state index in [0.717, 1.165) is 17.3 Å². The summed E-state index contributed by atoms with van der Waals surface area (Å²) in [5.41, 5.74) is 3.03. The Morgan fingerprint density at radius 1 is 1.13 bits per heavy atom. The van der Waals surface area contributed by atoms with Gasteiger partial charge in [0.2, 0.25) is 5.91 Å². The monoisotopic (exact) mass is 416 g/mol. The Balaban J connectivity index is 1.41. The summed E-state index contributed by atoms with van der Waals surface area (Å²) < 4.78 is 2.16. The van der Waals surface area contributed by atoms with Gasteiger partial charge in [0.1, 0.15) is 6.04 Å². The predicted octanol–water partition coefficient (Wildman–Crippen LogP) is 4.03. The van der Waals surface area contributed by atoms with Crippen molar-refractivity contribution in [1.82, 2.24) is 9.47 Å². The highest BCUT2D eigenvalue weighted by atomic mass is 16.2. The van der Waals surface area contributed by atoms with Crippen molar-refractivity contribution < 1.29 is 14.4 Å². The summed E-state index contributed by atoms with van der Waals surface area (Å²) in [5, 5.41) is 6.74. The van der Waals surface area contributed by atoms with Crippen LogP contribution in [0.1, 0.15) is 53.4 Å². The lowest BCUT2D eigenvalue weighted by Gasteiger charge is -2.20. The minimum atomic E-state index is -0.414. The summed E-state index contributed by atoms with van der Waals surface area (Å²) in [5.74, 6) is -0.574. The lowest BCUT2D eigenvalue weighted by Crippen LogP contribution is -2.40. The number of hydrogen-bond acceptors (Lipinski definition) is 3. The van der Waals surface area contributed by atoms with Crippen LogP contribution in [0, 0.1) is 0 Å². The molecule has 1 fully saturated rings. The van der Waals surface area contributed by atoms with Gasteiger partial charge >= 0.3 is 0 Å². The van der Waals surface area contributed by atoms with Gasteiger partial charge in [-0.1, -0.05) is 0 Å². The molecule has 2 aliphatic rings. The molecule has 2 aliphatic heterocycles. The van der Waals surface area contributed by atoms with E-state index in [1.807, 2.05) is 24.4 Å². The van der Waals surface area contributed by atoms with Crippen molar-refractivity contribution in [3.8, 4) is 0 Å². The molecule has 3 amide bonds. The number of fused-ring (bicyclic) bond motifs is 3. The summed E-state index contributed by atoms with van der Waals surface area (Å²) in [4.78, 5) is 39.9. The number of aromatic nitrogens is 1. The molecule has 0 aliphatic carbocycles. The maximum Gasteiger partial charge on any atom is 0.256 e. The number of carbonyl (C=O) groups is 3. The van der Waals surface area contributed by atoms with Crippen molar-refractivity contribution >= 4 is 40.0 Å². The molecular formula is C24H24N4O3. The van der Waals surface area contributed by atoms with Crippen LogP contribution in [-0.2, 0) is 4.79 Å². The van der Waals surface area contributed by atoms with Gasteiger partial charge in [0.25, 0.3) is 11.8 Å². The quantitative estimate of drug-likeness (QED) is 0.676. The van der Waals surface area contributed by atoms with E-state index in [1.54, 1.807) is 29.2 Å². The molecule has 5 rings (SSSR count). The molecule has 2 aromatic carbocycles. The Morgan fingerprint density at radius 2 is 1.97 bits per heavy atom. The van der Waals surface area contributed by atoms with E-state index in [-0.39, 0.29) is 17.7 Å². The van der Waals surface area contributed by atoms with Gasteiger partial charge in [-0.3, -0.25) is 14.4 Å². The molecule has 0 spiro atoms. The number of anilines is 2. The molecule has 0 radical (unpaired) electrons. The van der Waals surface area contributed by atoms with Gasteiger partial charge in [0.05, 0.1) is 11.3 Å². The summed E-state index contributed by atoms with van der Waals surface area (Å²) in [7, 11) is 0. The number of hydrogen-bond donors (Lipinski definition) is 2. The third-order valence-corrected chi connectivity index (χ3v) is 6.12. The van der Waals surface area contributed by atoms with E-state index >= 15 is 0 Å². The van der Waals surface area contributed by atoms with Crippen LogP contribution in [-0.4, -0.2) is 39.8 Å². The van der Waals surface area contributed by atoms with Crippen LogP contribution in [0.25, 0.3) is 10.9 Å². The minimum absolute atomic E-state index is 0.150. The number of amides is 3. The first-order valence-electron chi connectivity index (χ1n) is 10.6. The number of benzene rings is 2. The van der Waals surface area contributed by atoms with Crippen LogP contribution < -0.4 is 10.6 Å². The van der Waals surface area contributed by atoms with Crippen molar-refractivity contribution in [3.63, 3.8) is 0 Å². The van der Waals surface area contributed by atoms with Crippen LogP contribution in [0.3, 0.4) is 0 Å². The Labute approximate surface area is 180 Å². The SMILES string of the molecule is CC(C)n1ccc2cc(C(=O)Nc3ccc4c(c3)C(=O)N3CCCC3C(=O)N4)ccc21. The van der Waals surface area contributed by atoms with Crippen LogP contribution in [0.15, 0.2) is 48.7 Å². The lowest BCUT2D eigenvalue weighted by atomic mass is 10.1. The van der Waals surface area contributed by atoms with Gasteiger partial charge in [0, 0.05) is 40.9 Å². The number of nitrogens with one attached hydrogen (secondary N) is 2. The highest BCUT2D eigenvalue weighted by Crippen LogP contribution is 2.30. The third-order valence-electron chi connectivity index (χ3n) is 6.12. The second kappa shape index (κ2) is 7.27. The summed E-state index contributed by atoms with van der Waals surface area (Å²) >= 11 is 0. The molecule has 2 N–H and O–H groups in total. The Morgan fingerprint density at radius 3 is 2.77 bits per heavy atom. The second-order valence-electron chi connectivity index (χ2n) is 8.45. The van der Waals surface area contributed by atoms with E-state index < -0.39 is 6.04 Å². The zero-order valence-electron chi connectivity index (χ0n) is 17.5. The van der Waals surface area contributed by atoms with Gasteiger partial charge in [-0.2, -0.15) is 0 Å². The van der Waals surface area contributed by atoms with E-state index in [2.05, 4.69) is 29.0 Å². The molecule has 3 heterocycles. The van der Waals surface area contributed by atoms with Gasteiger partial charge in [0.15, 0.2) is 0 Å². The largest absolute Gasteiger partial charge is 0.345 e. The second-order valence-corrected chi connectivity index (χ2v) is 8.45. The molecule has 31 heavy (non-hydrogen) atoms. The Hall–Kier alpha value is -3.61. The average molecular weight is 416 g/mol. The van der Waals surface area contributed by atoms with Crippen LogP contribution in [0.4, 0.5) is 11.4 Å². The van der Waals surface area contributed by atoms with Crippen molar-refractivity contribution in [3.05, 3.63) is 59.8 Å². The topological polar surface area (TPSA) is 83.4 Å². The lowest BCUT2D eigenvalue weighted by molar-refractivity contribution is -0.119. The van der Waals surface area contributed by atoms with Gasteiger partial charge < -0.3 is 20.1 Å². The first-order valence-corrected chi connectivity index (χ1v) is 10.6. The van der Waals surface area contributed by atoms with E-state index in [1.165, 1.54) is 0 Å². The molecule has 158 valence electrons. The van der Waals surface area contributed by atoms with Crippen LogP contribution >= 0.6 is 0 Å². The number of rotatable bonds is 3. The smallest absolute Gasteiger partial charge is 0.256 e. The van der Waals surface area contributed by atoms with Gasteiger partial charge in [-0.25, -0.2) is 0 Å². The van der Waals surface area contributed by atoms with Crippen LogP contribution in [0.2, 0.25) is 0 Å². The van der Waals surface area contributed by atoms with Gasteiger partial charge in [-0.15, -0.1) is 0 Å². The first kappa shape index (κ1) is 19.4. The molecular weight excluding hydrogens is 392 g/mol. The maximum atomic E-state index is 13.0. The summed E-state index contributed by atoms with van der Waals surface area (Å²) in [6, 6.07) is 12.6. The first-order chi connectivity index (χ1) is 14.9. The Kier molecular flexibility index (Phi) is 4.54. The van der Waals surface area contributed by atoms with Crippen molar-refractivity contribution in [2.75, 3.05) is 17.2 Å². The molecule has 0 saturated carbocycles. The molecule has 3 aromatic rings. The fourth-order valence-corrected chi connectivity index (χ4v) is 4.52. The molecule has 1 atom stereocenters. The molecule has 0 bridgehead atoms. The molecule has 1 aromatic heterocycles. The highest BCUT2D eigenvalue weighted by Gasteiger charge is 2.38. The fourth-order valence-electron chi connectivity index (χ4n) is 4.52. The van der Waals surface area contributed by atoms with E-state index in [4.69, 9.17) is 0 Å². The summed E-state index contributed by atoms with van der Waals surface area (Å²) in [6.07, 6.45) is 3.52. The molecule has 7 heteroatoms. The zero-order chi connectivity index (χ0) is 21.7. The fraction of sp³-hybridized carbons (Fsp3) is 0.292. The maximum absolute atomic E-state index is 13.0. The van der Waals surface area contributed by atoms with Crippen molar-refractivity contribution in [2.45, 2.75) is 38.8 Å². The standard InChI is InChI=1S/C24H24N4O3/c1-14(2)27-11-9-15-12-16(5-8-20(15)27)22(29)25-17-6-7-19-18(13-17)24(31)28-10-3-4-21(28)23(30)26-19/h5-9,11-14,21H,3-4,10H2,1-2H3,(H,25,29)(H,26,30). The van der Waals surface area contributed by atoms with E-state index in [0.29, 0.717) is 41.5 Å². The number of nitrogens with zero attached hydrogens (tertiary/aromatic N) is 2. The summed E-state index contributed by atoms with van der Waals surface area (Å²) in [6.45, 7) is 4.81. The van der Waals surface area contributed by atoms with Crippen molar-refractivity contribution in [2.24, 2.45) is 0 Å².